The van der Waals surface area contributed by atoms with Gasteiger partial charge in [0.2, 0.25) is 5.91 Å². The van der Waals surface area contributed by atoms with E-state index in [1.54, 1.807) is 25.3 Å². The number of rotatable bonds is 12. The fourth-order valence-electron chi connectivity index (χ4n) is 2.82. The predicted molar refractivity (Wildman–Crippen MR) is 120 cm³/mol. The fraction of sp³-hybridized carbons (Fsp3) is 0.391. The Labute approximate surface area is 183 Å². The molecule has 8 nitrogen and oxygen atoms in total. The van der Waals surface area contributed by atoms with Crippen LogP contribution in [0.2, 0.25) is 0 Å². The van der Waals surface area contributed by atoms with Crippen molar-refractivity contribution in [3.63, 3.8) is 0 Å². The highest BCUT2D eigenvalue weighted by Crippen LogP contribution is 2.30. The van der Waals surface area contributed by atoms with Crippen LogP contribution in [-0.4, -0.2) is 56.8 Å². The third-order valence-electron chi connectivity index (χ3n) is 4.61. The largest absolute Gasteiger partial charge is 0.493 e. The van der Waals surface area contributed by atoms with Gasteiger partial charge in [-0.3, -0.25) is 4.79 Å². The van der Waals surface area contributed by atoms with Crippen LogP contribution in [0, 0.1) is 0 Å². The van der Waals surface area contributed by atoms with Gasteiger partial charge in [-0.2, -0.15) is 0 Å². The van der Waals surface area contributed by atoms with Gasteiger partial charge in [0.05, 0.1) is 7.11 Å². The molecule has 2 aromatic rings. The maximum atomic E-state index is 12.2. The van der Waals surface area contributed by atoms with E-state index < -0.39 is 6.09 Å². The quantitative estimate of drug-likeness (QED) is 0.538. The van der Waals surface area contributed by atoms with E-state index in [-0.39, 0.29) is 19.1 Å². The van der Waals surface area contributed by atoms with Crippen molar-refractivity contribution in [1.29, 1.82) is 0 Å². The van der Waals surface area contributed by atoms with Crippen LogP contribution in [0.15, 0.2) is 48.5 Å². The maximum Gasteiger partial charge on any atom is 0.407 e. The Morgan fingerprint density at radius 2 is 1.74 bits per heavy atom. The zero-order valence-corrected chi connectivity index (χ0v) is 18.3. The summed E-state index contributed by atoms with van der Waals surface area (Å²) in [5.41, 5.74) is 1.41. The van der Waals surface area contributed by atoms with Gasteiger partial charge in [-0.05, 0) is 30.8 Å². The lowest BCUT2D eigenvalue weighted by molar-refractivity contribution is -0.115. The van der Waals surface area contributed by atoms with Crippen molar-refractivity contribution in [2.24, 2.45) is 0 Å². The molecule has 0 saturated heterocycles. The Bertz CT molecular complexity index is 825. The van der Waals surface area contributed by atoms with E-state index in [2.05, 4.69) is 29.4 Å². The molecule has 0 aliphatic rings. The monoisotopic (exact) mass is 429 g/mol. The Morgan fingerprint density at radius 3 is 2.42 bits per heavy atom. The number of carbonyl (C=O) groups is 2. The Morgan fingerprint density at radius 1 is 1.00 bits per heavy atom. The van der Waals surface area contributed by atoms with E-state index in [1.165, 1.54) is 0 Å². The third-order valence-corrected chi connectivity index (χ3v) is 4.61. The minimum atomic E-state index is -0.658. The Balaban J connectivity index is 1.81. The summed E-state index contributed by atoms with van der Waals surface area (Å²) in [4.78, 5) is 26.2. The van der Waals surface area contributed by atoms with Gasteiger partial charge in [-0.1, -0.05) is 44.2 Å². The van der Waals surface area contributed by atoms with Gasteiger partial charge in [-0.25, -0.2) is 4.79 Å². The van der Waals surface area contributed by atoms with Gasteiger partial charge >= 0.3 is 6.09 Å². The second-order valence-corrected chi connectivity index (χ2v) is 6.70. The van der Waals surface area contributed by atoms with E-state index >= 15 is 0 Å². The predicted octanol–water partition coefficient (Wildman–Crippen LogP) is 3.28. The minimum absolute atomic E-state index is 0.140. The molecule has 0 fully saturated rings. The number of likely N-dealkylation sites (N-methyl/N-ethyl adjacent to an activating group) is 1. The van der Waals surface area contributed by atoms with Crippen LogP contribution < -0.4 is 20.1 Å². The molecule has 0 atom stereocenters. The zero-order valence-electron chi connectivity index (χ0n) is 18.3. The summed E-state index contributed by atoms with van der Waals surface area (Å²) < 4.78 is 16.3. The summed E-state index contributed by atoms with van der Waals surface area (Å²) in [6, 6.07) is 14.4. The van der Waals surface area contributed by atoms with Crippen molar-refractivity contribution < 1.29 is 23.8 Å². The molecule has 0 bridgehead atoms. The molecular formula is C23H31N3O5. The molecular weight excluding hydrogens is 398 g/mol. The third kappa shape index (κ3) is 8.55. The van der Waals surface area contributed by atoms with Crippen molar-refractivity contribution in [3.05, 3.63) is 54.1 Å². The van der Waals surface area contributed by atoms with E-state index in [1.807, 2.05) is 30.3 Å². The van der Waals surface area contributed by atoms with E-state index in [0.29, 0.717) is 23.8 Å². The van der Waals surface area contributed by atoms with Gasteiger partial charge in [0, 0.05) is 18.3 Å². The number of nitrogens with one attached hydrogen (secondary N) is 2. The molecule has 0 unspecified atom stereocenters. The lowest BCUT2D eigenvalue weighted by Crippen LogP contribution is -2.33. The second-order valence-electron chi connectivity index (χ2n) is 6.70. The van der Waals surface area contributed by atoms with Crippen LogP contribution >= 0.6 is 0 Å². The number of methoxy groups -OCH3 is 1. The van der Waals surface area contributed by atoms with Crippen molar-refractivity contribution in [2.45, 2.75) is 20.5 Å². The highest BCUT2D eigenvalue weighted by Gasteiger charge is 2.11. The Kier molecular flexibility index (Phi) is 10.2. The smallest absolute Gasteiger partial charge is 0.407 e. The molecule has 8 heteroatoms. The molecule has 0 aromatic heterocycles. The van der Waals surface area contributed by atoms with Crippen LogP contribution in [0.5, 0.6) is 11.5 Å². The van der Waals surface area contributed by atoms with Crippen LogP contribution in [-0.2, 0) is 16.1 Å². The lowest BCUT2D eigenvalue weighted by Gasteiger charge is -2.19. The molecule has 2 N–H and O–H groups in total. The topological polar surface area (TPSA) is 89.1 Å². The first-order chi connectivity index (χ1) is 15.0. The summed E-state index contributed by atoms with van der Waals surface area (Å²) in [6.07, 6.45) is -0.658. The molecule has 2 aromatic carbocycles. The highest BCUT2D eigenvalue weighted by molar-refractivity contribution is 5.94. The normalized spacial score (nSPS) is 10.5. The molecule has 0 radical (unpaired) electrons. The summed E-state index contributed by atoms with van der Waals surface area (Å²) in [5.74, 6) is 0.749. The first-order valence-electron chi connectivity index (χ1n) is 10.3. The van der Waals surface area contributed by atoms with Crippen molar-refractivity contribution >= 4 is 17.7 Å². The number of benzene rings is 2. The molecule has 0 aliphatic carbocycles. The van der Waals surface area contributed by atoms with Crippen molar-refractivity contribution in [3.8, 4) is 11.5 Å². The van der Waals surface area contributed by atoms with Gasteiger partial charge in [0.1, 0.15) is 19.8 Å². The average Bonchev–Trinajstić information content (AvgIpc) is 2.80. The first kappa shape index (κ1) is 24.0. The maximum absolute atomic E-state index is 12.2. The summed E-state index contributed by atoms with van der Waals surface area (Å²) in [5, 5.41) is 5.16. The highest BCUT2D eigenvalue weighted by atomic mass is 16.5. The van der Waals surface area contributed by atoms with Crippen LogP contribution in [0.3, 0.4) is 0 Å². The number of alkyl carbamates (subject to hydrolysis) is 1. The van der Waals surface area contributed by atoms with E-state index in [0.717, 1.165) is 25.2 Å². The standard InChI is InChI=1S/C23H31N3O5/c1-4-26(5-2)13-14-30-21-15-19(11-12-20(21)29-3)25-22(27)16-24-23(28)31-17-18-9-7-6-8-10-18/h6-12,15H,4-5,13-14,16-17H2,1-3H3,(H,24,28)(H,25,27). The fourth-order valence-corrected chi connectivity index (χ4v) is 2.82. The molecule has 2 rings (SSSR count). The van der Waals surface area contributed by atoms with E-state index in [4.69, 9.17) is 14.2 Å². The average molecular weight is 430 g/mol. The van der Waals surface area contributed by atoms with Crippen LogP contribution in [0.4, 0.5) is 10.5 Å². The molecule has 168 valence electrons. The van der Waals surface area contributed by atoms with Gasteiger partial charge in [0.15, 0.2) is 11.5 Å². The number of hydrogen-bond acceptors (Lipinski definition) is 6. The molecule has 0 aliphatic heterocycles. The number of carbonyl (C=O) groups excluding carboxylic acids is 2. The number of amides is 2. The zero-order chi connectivity index (χ0) is 22.5. The van der Waals surface area contributed by atoms with Crippen LogP contribution in [0.1, 0.15) is 19.4 Å². The number of hydrogen-bond donors (Lipinski definition) is 2. The minimum Gasteiger partial charge on any atom is -0.493 e. The summed E-state index contributed by atoms with van der Waals surface area (Å²) >= 11 is 0. The molecule has 0 saturated carbocycles. The SMILES string of the molecule is CCN(CC)CCOc1cc(NC(=O)CNC(=O)OCc2ccccc2)ccc1OC. The van der Waals surface area contributed by atoms with Crippen molar-refractivity contribution in [1.82, 2.24) is 10.2 Å². The summed E-state index contributed by atoms with van der Waals surface area (Å²) in [7, 11) is 1.57. The van der Waals surface area contributed by atoms with Gasteiger partial charge < -0.3 is 29.7 Å². The number of nitrogens with zero attached hydrogens (tertiary/aromatic N) is 1. The number of anilines is 1. The van der Waals surface area contributed by atoms with E-state index in [9.17, 15) is 9.59 Å². The molecule has 0 heterocycles. The van der Waals surface area contributed by atoms with Crippen LogP contribution in [0.25, 0.3) is 0 Å². The number of ether oxygens (including phenoxy) is 3. The van der Waals surface area contributed by atoms with Crippen molar-refractivity contribution in [2.75, 3.05) is 45.2 Å². The Hall–Kier alpha value is -3.26. The first-order valence-corrected chi connectivity index (χ1v) is 10.3. The summed E-state index contributed by atoms with van der Waals surface area (Å²) in [6.45, 7) is 7.34. The van der Waals surface area contributed by atoms with Gasteiger partial charge in [-0.15, -0.1) is 0 Å². The van der Waals surface area contributed by atoms with Gasteiger partial charge in [0.25, 0.3) is 0 Å². The molecule has 0 spiro atoms. The molecule has 31 heavy (non-hydrogen) atoms. The second kappa shape index (κ2) is 13.1. The molecule has 2 amide bonds. The lowest BCUT2D eigenvalue weighted by atomic mass is 10.2.